The Balaban J connectivity index is 2.13. The molecule has 15 heavy (non-hydrogen) atoms. The van der Waals surface area contributed by atoms with E-state index in [4.69, 9.17) is 11.6 Å². The first kappa shape index (κ1) is 9.29. The predicted molar refractivity (Wildman–Crippen MR) is 64.5 cm³/mol. The van der Waals surface area contributed by atoms with Crippen LogP contribution in [-0.4, -0.2) is 4.98 Å². The second kappa shape index (κ2) is 3.57. The molecule has 1 fully saturated rings. The summed E-state index contributed by atoms with van der Waals surface area (Å²) in [7, 11) is 0. The molecule has 3 rings (SSSR count). The highest BCUT2D eigenvalue weighted by atomic mass is 35.5. The summed E-state index contributed by atoms with van der Waals surface area (Å²) in [6, 6.07) is 6.09. The van der Waals surface area contributed by atoms with Crippen LogP contribution < -0.4 is 0 Å². The molecule has 1 heterocycles. The molecule has 0 bridgehead atoms. The summed E-state index contributed by atoms with van der Waals surface area (Å²) in [6.45, 7) is 0. The van der Waals surface area contributed by atoms with Crippen LogP contribution in [0.15, 0.2) is 24.4 Å². The summed E-state index contributed by atoms with van der Waals surface area (Å²) in [6.07, 6.45) is 7.58. The van der Waals surface area contributed by atoms with E-state index in [1.165, 1.54) is 42.1 Å². The quantitative estimate of drug-likeness (QED) is 0.728. The number of nitrogens with one attached hydrogen (secondary N) is 1. The van der Waals surface area contributed by atoms with E-state index in [9.17, 15) is 0 Å². The van der Waals surface area contributed by atoms with Gasteiger partial charge in [-0.1, -0.05) is 24.4 Å². The molecular weight excluding hydrogens is 206 g/mol. The van der Waals surface area contributed by atoms with Gasteiger partial charge in [0.05, 0.1) is 0 Å². The average Bonchev–Trinajstić information content (AvgIpc) is 2.83. The molecule has 0 saturated heterocycles. The Morgan fingerprint density at radius 3 is 2.80 bits per heavy atom. The van der Waals surface area contributed by atoms with E-state index in [0.717, 1.165) is 10.9 Å². The molecule has 1 nitrogen and oxygen atoms in total. The fourth-order valence-corrected chi connectivity index (χ4v) is 2.86. The van der Waals surface area contributed by atoms with Crippen molar-refractivity contribution in [3.63, 3.8) is 0 Å². The lowest BCUT2D eigenvalue weighted by atomic mass is 9.97. The number of rotatable bonds is 1. The zero-order valence-corrected chi connectivity index (χ0v) is 9.35. The van der Waals surface area contributed by atoms with Gasteiger partial charge in [0.2, 0.25) is 0 Å². The number of hydrogen-bond donors (Lipinski definition) is 1. The highest BCUT2D eigenvalue weighted by molar-refractivity contribution is 6.31. The average molecular weight is 220 g/mol. The minimum Gasteiger partial charge on any atom is -0.361 e. The maximum atomic E-state index is 6.04. The van der Waals surface area contributed by atoms with Crippen molar-refractivity contribution in [1.82, 2.24) is 4.98 Å². The van der Waals surface area contributed by atoms with Crippen molar-refractivity contribution in [3.05, 3.63) is 35.0 Å². The van der Waals surface area contributed by atoms with E-state index >= 15 is 0 Å². The molecule has 1 N–H and O–H groups in total. The Morgan fingerprint density at radius 2 is 2.00 bits per heavy atom. The number of hydrogen-bond acceptors (Lipinski definition) is 0. The third kappa shape index (κ3) is 1.55. The van der Waals surface area contributed by atoms with E-state index in [-0.39, 0.29) is 0 Å². The van der Waals surface area contributed by atoms with Crippen LogP contribution in [0.1, 0.15) is 37.2 Å². The normalized spacial score (nSPS) is 17.7. The Bertz CT molecular complexity index is 480. The summed E-state index contributed by atoms with van der Waals surface area (Å²) in [5.41, 5.74) is 2.67. The Kier molecular flexibility index (Phi) is 2.21. The first-order valence-electron chi connectivity index (χ1n) is 5.61. The molecule has 78 valence electrons. The number of H-pyrrole nitrogens is 1. The molecule has 0 radical (unpaired) electrons. The molecule has 1 saturated carbocycles. The zero-order chi connectivity index (χ0) is 10.3. The molecule has 2 heteroatoms. The van der Waals surface area contributed by atoms with Gasteiger partial charge in [-0.15, -0.1) is 0 Å². The summed E-state index contributed by atoms with van der Waals surface area (Å²) in [5, 5.41) is 2.15. The first-order valence-corrected chi connectivity index (χ1v) is 5.99. The monoisotopic (exact) mass is 219 g/mol. The van der Waals surface area contributed by atoms with Gasteiger partial charge in [-0.2, -0.15) is 0 Å². The summed E-state index contributed by atoms with van der Waals surface area (Å²) in [4.78, 5) is 3.33. The van der Waals surface area contributed by atoms with E-state index in [2.05, 4.69) is 23.3 Å². The molecular formula is C13H14ClN. The van der Waals surface area contributed by atoms with Gasteiger partial charge in [-0.25, -0.2) is 0 Å². The number of fused-ring (bicyclic) bond motifs is 1. The van der Waals surface area contributed by atoms with Crippen LogP contribution in [0.5, 0.6) is 0 Å². The third-order valence-electron chi connectivity index (χ3n) is 3.47. The topological polar surface area (TPSA) is 15.8 Å². The molecule has 0 aliphatic heterocycles. The minimum atomic E-state index is 0.747. The zero-order valence-electron chi connectivity index (χ0n) is 8.59. The molecule has 0 amide bonds. The lowest BCUT2D eigenvalue weighted by Gasteiger charge is -2.06. The first-order chi connectivity index (χ1) is 7.34. The SMILES string of the molecule is Clc1ccc2[nH]cc(C3CCCC3)c2c1. The van der Waals surface area contributed by atoms with Crippen LogP contribution in [0.4, 0.5) is 0 Å². The lowest BCUT2D eigenvalue weighted by molar-refractivity contribution is 0.729. The van der Waals surface area contributed by atoms with Gasteiger partial charge in [-0.3, -0.25) is 0 Å². The summed E-state index contributed by atoms with van der Waals surface area (Å²) in [5.74, 6) is 0.747. The highest BCUT2D eigenvalue weighted by Crippen LogP contribution is 2.38. The highest BCUT2D eigenvalue weighted by Gasteiger charge is 2.19. The van der Waals surface area contributed by atoms with E-state index in [1.54, 1.807) is 0 Å². The number of aromatic nitrogens is 1. The van der Waals surface area contributed by atoms with Crippen molar-refractivity contribution in [1.29, 1.82) is 0 Å². The number of halogens is 1. The molecule has 0 unspecified atom stereocenters. The van der Waals surface area contributed by atoms with Crippen LogP contribution in [0.2, 0.25) is 5.02 Å². The Labute approximate surface area is 94.4 Å². The smallest absolute Gasteiger partial charge is 0.0457 e. The van der Waals surface area contributed by atoms with Crippen LogP contribution in [0.3, 0.4) is 0 Å². The van der Waals surface area contributed by atoms with Gasteiger partial charge >= 0.3 is 0 Å². The molecule has 1 aliphatic carbocycles. The number of benzene rings is 1. The van der Waals surface area contributed by atoms with Crippen molar-refractivity contribution in [3.8, 4) is 0 Å². The summed E-state index contributed by atoms with van der Waals surface area (Å²) >= 11 is 6.04. The van der Waals surface area contributed by atoms with Gasteiger partial charge < -0.3 is 4.98 Å². The number of aromatic amines is 1. The van der Waals surface area contributed by atoms with Crippen molar-refractivity contribution in [2.45, 2.75) is 31.6 Å². The molecule has 1 aromatic heterocycles. The van der Waals surface area contributed by atoms with Gasteiger partial charge in [0.1, 0.15) is 0 Å². The van der Waals surface area contributed by atoms with Crippen molar-refractivity contribution in [2.24, 2.45) is 0 Å². The summed E-state index contributed by atoms with van der Waals surface area (Å²) < 4.78 is 0. The standard InChI is InChI=1S/C13H14ClN/c14-10-5-6-13-11(7-10)12(8-15-13)9-3-1-2-4-9/h5-9,15H,1-4H2. The second-order valence-electron chi connectivity index (χ2n) is 4.42. The molecule has 2 aromatic rings. The van der Waals surface area contributed by atoms with Gasteiger partial charge in [0.25, 0.3) is 0 Å². The van der Waals surface area contributed by atoms with E-state index in [1.807, 2.05) is 6.07 Å². The van der Waals surface area contributed by atoms with Crippen LogP contribution in [-0.2, 0) is 0 Å². The fourth-order valence-electron chi connectivity index (χ4n) is 2.69. The maximum Gasteiger partial charge on any atom is 0.0457 e. The van der Waals surface area contributed by atoms with Gasteiger partial charge in [0, 0.05) is 22.1 Å². The Hall–Kier alpha value is -0.950. The molecule has 1 aromatic carbocycles. The van der Waals surface area contributed by atoms with Crippen molar-refractivity contribution < 1.29 is 0 Å². The molecule has 1 aliphatic rings. The van der Waals surface area contributed by atoms with Gasteiger partial charge in [-0.05, 0) is 42.5 Å². The second-order valence-corrected chi connectivity index (χ2v) is 4.85. The maximum absolute atomic E-state index is 6.04. The van der Waals surface area contributed by atoms with Crippen LogP contribution in [0.25, 0.3) is 10.9 Å². The third-order valence-corrected chi connectivity index (χ3v) is 3.71. The minimum absolute atomic E-state index is 0.747. The van der Waals surface area contributed by atoms with E-state index in [0.29, 0.717) is 0 Å². The van der Waals surface area contributed by atoms with Crippen LogP contribution >= 0.6 is 11.6 Å². The van der Waals surface area contributed by atoms with Gasteiger partial charge in [0.15, 0.2) is 0 Å². The fraction of sp³-hybridized carbons (Fsp3) is 0.385. The Morgan fingerprint density at radius 1 is 1.20 bits per heavy atom. The lowest BCUT2D eigenvalue weighted by Crippen LogP contribution is -1.89. The molecule has 0 atom stereocenters. The predicted octanol–water partition coefficient (Wildman–Crippen LogP) is 4.48. The van der Waals surface area contributed by atoms with Crippen LogP contribution in [0, 0.1) is 0 Å². The van der Waals surface area contributed by atoms with Crippen molar-refractivity contribution >= 4 is 22.5 Å². The largest absolute Gasteiger partial charge is 0.361 e. The molecule has 0 spiro atoms. The van der Waals surface area contributed by atoms with Crippen molar-refractivity contribution in [2.75, 3.05) is 0 Å². The van der Waals surface area contributed by atoms with E-state index < -0.39 is 0 Å².